The molecule has 188 valence electrons. The third kappa shape index (κ3) is 16.5. The van der Waals surface area contributed by atoms with Crippen LogP contribution in [0.2, 0.25) is 0 Å². The topological polar surface area (TPSA) is 57.8 Å². The molecule has 1 aliphatic carbocycles. The number of aryl methyl sites for hydroxylation is 2. The van der Waals surface area contributed by atoms with Crippen molar-refractivity contribution in [2.24, 2.45) is 10.2 Å². The Labute approximate surface area is 211 Å². The maximum absolute atomic E-state index is 10.7. The number of azo groups is 1. The maximum atomic E-state index is 9.87. The third-order valence-corrected chi connectivity index (χ3v) is 4.03. The Morgan fingerprint density at radius 2 is 1.18 bits per heavy atom. The molecule has 34 heavy (non-hydrogen) atoms. The summed E-state index contributed by atoms with van der Waals surface area (Å²) >= 11 is 0. The fourth-order valence-electron chi connectivity index (χ4n) is 2.72. The molecule has 2 aromatic carbocycles. The summed E-state index contributed by atoms with van der Waals surface area (Å²) in [6, 6.07) is 20.7. The van der Waals surface area contributed by atoms with Gasteiger partial charge in [-0.05, 0) is 73.2 Å². The van der Waals surface area contributed by atoms with Crippen molar-refractivity contribution in [1.29, 1.82) is 0 Å². The predicted octanol–water partition coefficient (Wildman–Crippen LogP) is 6.15. The Morgan fingerprint density at radius 3 is 1.62 bits per heavy atom. The first kappa shape index (κ1) is 31.9. The van der Waals surface area contributed by atoms with E-state index in [1.807, 2.05) is 12.1 Å². The van der Waals surface area contributed by atoms with E-state index in [9.17, 15) is 25.2 Å². The van der Waals surface area contributed by atoms with Crippen molar-refractivity contribution in [3.63, 3.8) is 0 Å². The van der Waals surface area contributed by atoms with E-state index in [0.29, 0.717) is 11.5 Å². The van der Waals surface area contributed by atoms with E-state index >= 15 is 0 Å². The van der Waals surface area contributed by atoms with Crippen LogP contribution in [-0.4, -0.2) is 10.1 Å². The number of aromatic nitrogens is 1. The first-order valence-electron chi connectivity index (χ1n) is 9.51. The molecule has 0 aliphatic heterocycles. The second kappa shape index (κ2) is 12.6. The van der Waals surface area contributed by atoms with Gasteiger partial charge in [-0.1, -0.05) is 30.3 Å². The van der Waals surface area contributed by atoms with Gasteiger partial charge in [0, 0.05) is 6.20 Å². The number of phenolic OH excluding ortho intramolecular Hbond substituents is 1. The zero-order chi connectivity index (χ0) is 23.7. The Hall–Kier alpha value is -2.09. The van der Waals surface area contributed by atoms with Crippen molar-refractivity contribution in [3.05, 3.63) is 84.1 Å². The SMILES string of the molecule is F[P-](F)(F)(F)(F)F.Oc1ccc(N=Nc2ccccn2)cc1.[Cl-].[Ru+2].c1ccc2c(c1)CCCC2. The third-order valence-electron chi connectivity index (χ3n) is 4.03. The van der Waals surface area contributed by atoms with Crippen molar-refractivity contribution in [1.82, 2.24) is 4.98 Å². The van der Waals surface area contributed by atoms with Gasteiger partial charge >= 0.3 is 52.5 Å². The summed E-state index contributed by atoms with van der Waals surface area (Å²) in [4.78, 5) is 4.00. The van der Waals surface area contributed by atoms with Crippen LogP contribution in [0.3, 0.4) is 0 Å². The summed E-state index contributed by atoms with van der Waals surface area (Å²) < 4.78 is 59.2. The molecule has 1 N–H and O–H groups in total. The molecule has 0 fully saturated rings. The van der Waals surface area contributed by atoms with Gasteiger partial charge in [0.05, 0.1) is 5.69 Å². The summed E-state index contributed by atoms with van der Waals surface area (Å²) in [5.74, 6) is 0.775. The van der Waals surface area contributed by atoms with Crippen molar-refractivity contribution in [3.8, 4) is 5.75 Å². The van der Waals surface area contributed by atoms with Crippen LogP contribution in [0.1, 0.15) is 24.0 Å². The van der Waals surface area contributed by atoms with E-state index in [1.54, 1.807) is 47.7 Å². The fourth-order valence-corrected chi connectivity index (χ4v) is 2.72. The summed E-state index contributed by atoms with van der Waals surface area (Å²) in [6.45, 7) is 0. The Balaban J connectivity index is 0.000000502. The summed E-state index contributed by atoms with van der Waals surface area (Å²) in [6.07, 6.45) is 7.03. The number of halogens is 7. The molecule has 0 radical (unpaired) electrons. The molecule has 1 heterocycles. The molecular formula is C21H21ClF6N3OPRu. The Bertz CT molecular complexity index is 1000. The fraction of sp³-hybridized carbons (Fsp3) is 0.190. The average Bonchev–Trinajstić information content (AvgIpc) is 2.72. The average molecular weight is 613 g/mol. The van der Waals surface area contributed by atoms with Gasteiger partial charge in [0.25, 0.3) is 0 Å². The van der Waals surface area contributed by atoms with Crippen LogP contribution in [-0.2, 0) is 32.3 Å². The van der Waals surface area contributed by atoms with Gasteiger partial charge < -0.3 is 17.5 Å². The van der Waals surface area contributed by atoms with Crippen molar-refractivity contribution >= 4 is 19.3 Å². The molecule has 1 aliphatic rings. The van der Waals surface area contributed by atoms with Crippen LogP contribution in [0.4, 0.5) is 36.7 Å². The predicted molar refractivity (Wildman–Crippen MR) is 113 cm³/mol. The van der Waals surface area contributed by atoms with Gasteiger partial charge in [-0.3, -0.25) is 0 Å². The zero-order valence-corrected chi connectivity index (χ0v) is 20.9. The molecule has 13 heteroatoms. The van der Waals surface area contributed by atoms with Crippen molar-refractivity contribution in [2.75, 3.05) is 0 Å². The zero-order valence-electron chi connectivity index (χ0n) is 17.5. The molecule has 0 amide bonds. The minimum Gasteiger partial charge on any atom is -1.00 e. The Kier molecular flexibility index (Phi) is 11.8. The second-order valence-corrected chi connectivity index (χ2v) is 8.76. The minimum absolute atomic E-state index is 0. The number of hydrogen-bond donors (Lipinski definition) is 1. The van der Waals surface area contributed by atoms with E-state index in [-0.39, 0.29) is 37.6 Å². The van der Waals surface area contributed by atoms with E-state index in [2.05, 4.69) is 39.5 Å². The maximum Gasteiger partial charge on any atom is 2.00 e. The van der Waals surface area contributed by atoms with E-state index in [1.165, 1.54) is 25.7 Å². The van der Waals surface area contributed by atoms with Crippen LogP contribution in [0.5, 0.6) is 5.75 Å². The van der Waals surface area contributed by atoms with Gasteiger partial charge in [-0.15, -0.1) is 10.2 Å². The molecule has 3 aromatic rings. The van der Waals surface area contributed by atoms with Gasteiger partial charge in [-0.2, -0.15) is 0 Å². The molecule has 0 spiro atoms. The first-order chi connectivity index (χ1) is 14.8. The van der Waals surface area contributed by atoms with Crippen LogP contribution >= 0.6 is 7.81 Å². The number of benzene rings is 2. The standard InChI is InChI=1S/C11H9N3O.C10H12.ClH.F6P.Ru/c15-10-6-4-9(5-7-10)13-14-11-3-1-2-8-12-11;1-2-6-10-8-4-3-7-9(10)5-1;;1-7(2,3,4,5)6;/h1-8,15H;1-2,5-6H,3-4,7-8H2;1H;;/q;;;-1;+2/p-1. The second-order valence-electron chi connectivity index (χ2n) is 6.84. The molecular weight excluding hydrogens is 592 g/mol. The molecule has 0 bridgehead atoms. The molecule has 0 saturated carbocycles. The van der Waals surface area contributed by atoms with Crippen LogP contribution < -0.4 is 12.4 Å². The van der Waals surface area contributed by atoms with Gasteiger partial charge in [0.15, 0.2) is 5.82 Å². The molecule has 4 nitrogen and oxygen atoms in total. The Morgan fingerprint density at radius 1 is 0.706 bits per heavy atom. The molecule has 0 atom stereocenters. The summed E-state index contributed by atoms with van der Waals surface area (Å²) in [7, 11) is -10.7. The van der Waals surface area contributed by atoms with Gasteiger partial charge in [0.1, 0.15) is 5.75 Å². The number of aromatic hydroxyl groups is 1. The normalized spacial score (nSPS) is 14.3. The van der Waals surface area contributed by atoms with E-state index in [0.717, 1.165) is 0 Å². The number of nitrogens with zero attached hydrogens (tertiary/aromatic N) is 3. The van der Waals surface area contributed by atoms with E-state index in [4.69, 9.17) is 5.11 Å². The van der Waals surface area contributed by atoms with Crippen LogP contribution in [0, 0.1) is 0 Å². The van der Waals surface area contributed by atoms with Crippen molar-refractivity contribution < 1.29 is 62.2 Å². The molecule has 0 saturated heterocycles. The minimum atomic E-state index is -10.7. The summed E-state index contributed by atoms with van der Waals surface area (Å²) in [5.41, 5.74) is 3.83. The molecule has 0 unspecified atom stereocenters. The van der Waals surface area contributed by atoms with E-state index < -0.39 is 7.81 Å². The molecule has 4 rings (SSSR count). The van der Waals surface area contributed by atoms with Gasteiger partial charge in [-0.25, -0.2) is 4.98 Å². The van der Waals surface area contributed by atoms with Crippen LogP contribution in [0.25, 0.3) is 0 Å². The van der Waals surface area contributed by atoms with Crippen molar-refractivity contribution in [2.45, 2.75) is 25.7 Å². The summed E-state index contributed by atoms with van der Waals surface area (Å²) in [5, 5.41) is 17.0. The monoisotopic (exact) mass is 613 g/mol. The number of fused-ring (bicyclic) bond motifs is 1. The number of hydrogen-bond acceptors (Lipinski definition) is 4. The van der Waals surface area contributed by atoms with Gasteiger partial charge in [0.2, 0.25) is 0 Å². The quantitative estimate of drug-likeness (QED) is 0.163. The largest absolute Gasteiger partial charge is 2.00 e. The molecule has 1 aromatic heterocycles. The smallest absolute Gasteiger partial charge is 1.00 e. The number of pyridine rings is 1. The first-order valence-corrected chi connectivity index (χ1v) is 11.5. The number of phenols is 1. The van der Waals surface area contributed by atoms with Crippen LogP contribution in [0.15, 0.2) is 83.2 Å². The number of rotatable bonds is 2.